The van der Waals surface area contributed by atoms with Crippen LogP contribution in [-0.2, 0) is 39.3 Å². The first-order chi connectivity index (χ1) is 25.0. The predicted octanol–water partition coefficient (Wildman–Crippen LogP) is 5.13. The van der Waals surface area contributed by atoms with Crippen molar-refractivity contribution in [2.75, 3.05) is 20.1 Å². The van der Waals surface area contributed by atoms with Crippen LogP contribution in [0.4, 0.5) is 0 Å². The quantitative estimate of drug-likeness (QED) is 0.131. The van der Waals surface area contributed by atoms with Crippen LogP contribution < -0.4 is 27.4 Å². The third kappa shape index (κ3) is 9.83. The van der Waals surface area contributed by atoms with Crippen molar-refractivity contribution in [1.29, 1.82) is 0 Å². The summed E-state index contributed by atoms with van der Waals surface area (Å²) in [6.45, 7) is 8.20. The van der Waals surface area contributed by atoms with Crippen LogP contribution in [0.5, 0.6) is 0 Å². The van der Waals surface area contributed by atoms with Gasteiger partial charge in [-0.25, -0.2) is 0 Å². The van der Waals surface area contributed by atoms with Crippen LogP contribution in [-0.4, -0.2) is 65.9 Å². The maximum Gasteiger partial charge on any atom is 0.245 e. The Kier molecular flexibility index (Phi) is 13.6. The summed E-state index contributed by atoms with van der Waals surface area (Å²) >= 11 is 1.65. The lowest BCUT2D eigenvalue weighted by atomic mass is 9.86. The highest BCUT2D eigenvalue weighted by molar-refractivity contribution is 7.99. The lowest BCUT2D eigenvalue weighted by molar-refractivity contribution is -0.142. The monoisotopic (exact) mass is 725 g/mol. The second-order valence-corrected chi connectivity index (χ2v) is 15.8. The molecule has 4 aromatic rings. The van der Waals surface area contributed by atoms with Gasteiger partial charge in [0.15, 0.2) is 0 Å². The highest BCUT2D eigenvalue weighted by Gasteiger charge is 2.34. The maximum absolute atomic E-state index is 14.5. The van der Waals surface area contributed by atoms with Crippen molar-refractivity contribution in [2.24, 2.45) is 11.5 Å². The molecule has 11 heteroatoms. The first-order valence-electron chi connectivity index (χ1n) is 18.4. The third-order valence-corrected chi connectivity index (χ3v) is 11.1. The normalized spacial score (nSPS) is 19.5. The first-order valence-corrected chi connectivity index (χ1v) is 19.2. The number of amides is 3. The minimum Gasteiger partial charge on any atom is -0.361 e. The molecule has 0 fully saturated rings. The number of nitrogens with one attached hydrogen (secondary N) is 4. The summed E-state index contributed by atoms with van der Waals surface area (Å²) in [4.78, 5) is 49.8. The summed E-state index contributed by atoms with van der Waals surface area (Å²) in [7, 11) is 1.67. The average Bonchev–Trinajstić information content (AvgIpc) is 3.54. The van der Waals surface area contributed by atoms with E-state index in [-0.39, 0.29) is 29.7 Å². The average molecular weight is 726 g/mol. The number of H-pyrrole nitrogens is 1. The van der Waals surface area contributed by atoms with E-state index in [0.29, 0.717) is 58.2 Å². The smallest absolute Gasteiger partial charge is 0.245 e. The van der Waals surface area contributed by atoms with E-state index in [1.807, 2.05) is 42.6 Å². The van der Waals surface area contributed by atoms with E-state index >= 15 is 0 Å². The van der Waals surface area contributed by atoms with E-state index in [2.05, 4.69) is 72.0 Å². The Morgan fingerprint density at radius 3 is 2.29 bits per heavy atom. The van der Waals surface area contributed by atoms with Crippen molar-refractivity contribution in [3.63, 3.8) is 0 Å². The number of para-hydroxylation sites is 1. The van der Waals surface area contributed by atoms with Gasteiger partial charge in [0, 0.05) is 53.4 Å². The van der Waals surface area contributed by atoms with E-state index in [0.717, 1.165) is 42.9 Å². The van der Waals surface area contributed by atoms with Gasteiger partial charge in [-0.1, -0.05) is 81.1 Å². The van der Waals surface area contributed by atoms with Crippen molar-refractivity contribution in [3.05, 3.63) is 95.2 Å². The highest BCUT2D eigenvalue weighted by Crippen LogP contribution is 2.36. The lowest BCUT2D eigenvalue weighted by Gasteiger charge is -2.32. The Balaban J connectivity index is 1.58. The molecule has 0 spiro atoms. The van der Waals surface area contributed by atoms with Gasteiger partial charge in [-0.2, -0.15) is 0 Å². The number of carbonyl (C=O) groups is 3. The molecule has 3 unspecified atom stereocenters. The van der Waals surface area contributed by atoms with E-state index in [1.54, 1.807) is 18.8 Å². The molecule has 0 saturated heterocycles. The SMILES string of the molecule is CN1C(=O)C(CCCCN)NC(=O)C(CCCN)NCc2ccccc2Sc2ccc(C(C)(C)C)cc2CNC(=O)C1Cc1c[nH]c2ccccc12. The second kappa shape index (κ2) is 18.1. The van der Waals surface area contributed by atoms with Gasteiger partial charge in [-0.3, -0.25) is 14.4 Å². The third-order valence-electron chi connectivity index (χ3n) is 9.89. The molecule has 52 heavy (non-hydrogen) atoms. The first kappa shape index (κ1) is 39.1. The van der Waals surface area contributed by atoms with Crippen LogP contribution in [0.2, 0.25) is 0 Å². The van der Waals surface area contributed by atoms with Crippen LogP contribution in [0.3, 0.4) is 0 Å². The maximum atomic E-state index is 14.5. The molecule has 0 saturated carbocycles. The highest BCUT2D eigenvalue weighted by atomic mass is 32.2. The molecule has 0 aliphatic carbocycles. The number of aromatic nitrogens is 1. The number of benzene rings is 3. The van der Waals surface area contributed by atoms with Crippen molar-refractivity contribution >= 4 is 40.4 Å². The largest absolute Gasteiger partial charge is 0.361 e. The molecule has 3 aromatic carbocycles. The molecule has 1 aromatic heterocycles. The zero-order chi connectivity index (χ0) is 37.3. The molecule has 5 rings (SSSR count). The summed E-state index contributed by atoms with van der Waals surface area (Å²) in [5, 5.41) is 10.8. The number of carbonyl (C=O) groups excluding carboxylic acids is 3. The molecular formula is C41H55N7O3S. The fourth-order valence-electron chi connectivity index (χ4n) is 6.67. The lowest BCUT2D eigenvalue weighted by Crippen LogP contribution is -2.57. The van der Waals surface area contributed by atoms with Crippen molar-refractivity contribution in [1.82, 2.24) is 25.8 Å². The molecule has 278 valence electrons. The molecule has 3 atom stereocenters. The van der Waals surface area contributed by atoms with E-state index in [4.69, 9.17) is 11.5 Å². The minimum atomic E-state index is -0.843. The second-order valence-electron chi connectivity index (χ2n) is 14.7. The summed E-state index contributed by atoms with van der Waals surface area (Å²) in [5.74, 6) is -0.846. The molecule has 8 N–H and O–H groups in total. The molecular weight excluding hydrogens is 671 g/mol. The van der Waals surface area contributed by atoms with Crippen LogP contribution in [0.1, 0.15) is 75.1 Å². The van der Waals surface area contributed by atoms with Crippen LogP contribution in [0.25, 0.3) is 10.9 Å². The number of unbranched alkanes of at least 4 members (excludes halogenated alkanes) is 1. The molecule has 1 aliphatic heterocycles. The molecule has 3 amide bonds. The molecule has 0 radical (unpaired) electrons. The summed E-state index contributed by atoms with van der Waals surface area (Å²) in [6, 6.07) is 20.3. The van der Waals surface area contributed by atoms with Gasteiger partial charge < -0.3 is 37.3 Å². The van der Waals surface area contributed by atoms with Gasteiger partial charge in [0.1, 0.15) is 12.1 Å². The van der Waals surface area contributed by atoms with Gasteiger partial charge >= 0.3 is 0 Å². The minimum absolute atomic E-state index is 0.0967. The number of rotatable bonds is 9. The van der Waals surface area contributed by atoms with E-state index in [9.17, 15) is 14.4 Å². The fraction of sp³-hybridized carbons (Fsp3) is 0.439. The zero-order valence-corrected chi connectivity index (χ0v) is 31.8. The predicted molar refractivity (Wildman–Crippen MR) is 210 cm³/mol. The van der Waals surface area contributed by atoms with Gasteiger partial charge in [0.2, 0.25) is 17.7 Å². The van der Waals surface area contributed by atoms with Crippen LogP contribution in [0, 0.1) is 0 Å². The number of likely N-dealkylation sites (N-methyl/N-ethyl adjacent to an activating group) is 1. The Morgan fingerprint density at radius 1 is 0.808 bits per heavy atom. The van der Waals surface area contributed by atoms with Gasteiger partial charge in [0.25, 0.3) is 0 Å². The van der Waals surface area contributed by atoms with Crippen molar-refractivity contribution in [2.45, 2.75) is 106 Å². The number of hydrogen-bond acceptors (Lipinski definition) is 7. The van der Waals surface area contributed by atoms with Gasteiger partial charge in [-0.15, -0.1) is 0 Å². The van der Waals surface area contributed by atoms with E-state index < -0.39 is 18.1 Å². The standard InChI is InChI=1S/C41H55N7O3S/c1-41(2,3)30-18-19-37-29(22-30)26-46-39(50)35(23-28-25-44-32-14-7-6-13-31(28)32)48(4)40(51)34(15-9-10-20-42)47-38(49)33(16-11-21-43)45-24-27-12-5-8-17-36(27)52-37/h5-8,12-14,17-19,22,25,33-35,44-45H,9-11,15-16,20-21,23-24,26,42-43H2,1-4H3,(H,46,50)(H,47,49). The molecule has 10 nitrogen and oxygen atoms in total. The Bertz CT molecular complexity index is 1830. The Hall–Kier alpha value is -4.16. The zero-order valence-electron chi connectivity index (χ0n) is 31.0. The number of nitrogens with two attached hydrogens (primary N) is 2. The van der Waals surface area contributed by atoms with Crippen LogP contribution >= 0.6 is 11.8 Å². The van der Waals surface area contributed by atoms with Crippen molar-refractivity contribution in [3.8, 4) is 0 Å². The number of aromatic amines is 1. The molecule has 2 heterocycles. The van der Waals surface area contributed by atoms with Gasteiger partial charge in [0.05, 0.1) is 6.04 Å². The topological polar surface area (TPSA) is 158 Å². The summed E-state index contributed by atoms with van der Waals surface area (Å²) < 4.78 is 0. The van der Waals surface area contributed by atoms with Crippen molar-refractivity contribution < 1.29 is 14.4 Å². The number of nitrogens with zero attached hydrogens (tertiary/aromatic N) is 1. The Labute approximate surface area is 312 Å². The summed E-state index contributed by atoms with van der Waals surface area (Å²) in [5.41, 5.74) is 16.7. The Morgan fingerprint density at radius 2 is 1.52 bits per heavy atom. The summed E-state index contributed by atoms with van der Waals surface area (Å²) in [6.07, 6.45) is 5.12. The molecule has 0 bridgehead atoms. The van der Waals surface area contributed by atoms with E-state index in [1.165, 1.54) is 4.90 Å². The van der Waals surface area contributed by atoms with Gasteiger partial charge in [-0.05, 0) is 91.1 Å². The fourth-order valence-corrected chi connectivity index (χ4v) is 7.72. The van der Waals surface area contributed by atoms with Crippen LogP contribution in [0.15, 0.2) is 82.7 Å². The number of hydrogen-bond donors (Lipinski definition) is 6. The number of fused-ring (bicyclic) bond motifs is 3. The molecule has 1 aliphatic rings.